The first-order valence-electron chi connectivity index (χ1n) is 6.59. The zero-order valence-electron chi connectivity index (χ0n) is 11.3. The summed E-state index contributed by atoms with van der Waals surface area (Å²) in [5.41, 5.74) is 3.46. The summed E-state index contributed by atoms with van der Waals surface area (Å²) in [7, 11) is 0. The van der Waals surface area contributed by atoms with E-state index in [1.54, 1.807) is 13.0 Å². The number of aromatic nitrogens is 1. The average Bonchev–Trinajstić information content (AvgIpc) is 2.95. The standard InChI is InChI=1S/C16H16FN3/c1-12-9-13(5-6-15(12)17)16-4-2-3-14(19-16)10-20-8-7-18-11-20/h2-9,18H,10-11H2,1H3. The maximum atomic E-state index is 13.3. The highest BCUT2D eigenvalue weighted by Gasteiger charge is 2.07. The maximum Gasteiger partial charge on any atom is 0.126 e. The van der Waals surface area contributed by atoms with Crippen LogP contribution in [0.5, 0.6) is 0 Å². The summed E-state index contributed by atoms with van der Waals surface area (Å²) in [6.45, 7) is 3.34. The first kappa shape index (κ1) is 12.7. The van der Waals surface area contributed by atoms with Gasteiger partial charge in [0, 0.05) is 18.0 Å². The van der Waals surface area contributed by atoms with Gasteiger partial charge in [-0.05, 0) is 42.8 Å². The van der Waals surface area contributed by atoms with Crippen molar-refractivity contribution in [2.24, 2.45) is 0 Å². The van der Waals surface area contributed by atoms with Gasteiger partial charge in [0.2, 0.25) is 0 Å². The normalized spacial score (nSPS) is 13.6. The number of hydrogen-bond acceptors (Lipinski definition) is 3. The molecule has 4 heteroatoms. The van der Waals surface area contributed by atoms with E-state index in [9.17, 15) is 4.39 Å². The molecule has 3 rings (SSSR count). The Labute approximate surface area is 117 Å². The predicted octanol–water partition coefficient (Wildman–Crippen LogP) is 3.03. The lowest BCUT2D eigenvalue weighted by molar-refractivity contribution is 0.380. The van der Waals surface area contributed by atoms with Crippen molar-refractivity contribution in [1.82, 2.24) is 15.2 Å². The monoisotopic (exact) mass is 269 g/mol. The molecule has 0 atom stereocenters. The van der Waals surface area contributed by atoms with Gasteiger partial charge in [0.05, 0.1) is 24.6 Å². The molecule has 0 saturated carbocycles. The molecular weight excluding hydrogens is 253 g/mol. The summed E-state index contributed by atoms with van der Waals surface area (Å²) < 4.78 is 13.3. The summed E-state index contributed by atoms with van der Waals surface area (Å²) >= 11 is 0. The fourth-order valence-electron chi connectivity index (χ4n) is 2.23. The van der Waals surface area contributed by atoms with E-state index in [-0.39, 0.29) is 5.82 Å². The second-order valence-corrected chi connectivity index (χ2v) is 4.90. The third-order valence-corrected chi connectivity index (χ3v) is 3.32. The molecule has 2 aromatic rings. The topological polar surface area (TPSA) is 28.2 Å². The van der Waals surface area contributed by atoms with E-state index in [1.807, 2.05) is 36.7 Å². The summed E-state index contributed by atoms with van der Waals surface area (Å²) in [6.07, 6.45) is 3.93. The Morgan fingerprint density at radius 3 is 2.95 bits per heavy atom. The Kier molecular flexibility index (Phi) is 3.37. The summed E-state index contributed by atoms with van der Waals surface area (Å²) in [5, 5.41) is 3.13. The van der Waals surface area contributed by atoms with E-state index in [0.717, 1.165) is 30.2 Å². The molecule has 1 aromatic carbocycles. The molecular formula is C16H16FN3. The van der Waals surface area contributed by atoms with Gasteiger partial charge in [-0.3, -0.25) is 4.98 Å². The van der Waals surface area contributed by atoms with E-state index in [2.05, 4.69) is 15.2 Å². The molecule has 1 aromatic heterocycles. The van der Waals surface area contributed by atoms with Gasteiger partial charge in [-0.25, -0.2) is 4.39 Å². The van der Waals surface area contributed by atoms with Crippen LogP contribution in [0.1, 0.15) is 11.3 Å². The van der Waals surface area contributed by atoms with Crippen molar-refractivity contribution in [3.8, 4) is 11.3 Å². The van der Waals surface area contributed by atoms with Gasteiger partial charge < -0.3 is 10.2 Å². The van der Waals surface area contributed by atoms with Crippen LogP contribution in [0.2, 0.25) is 0 Å². The molecule has 0 unspecified atom stereocenters. The summed E-state index contributed by atoms with van der Waals surface area (Å²) in [4.78, 5) is 6.79. The van der Waals surface area contributed by atoms with Gasteiger partial charge in [0.15, 0.2) is 0 Å². The highest BCUT2D eigenvalue weighted by atomic mass is 19.1. The highest BCUT2D eigenvalue weighted by Crippen LogP contribution is 2.20. The van der Waals surface area contributed by atoms with Crippen molar-refractivity contribution in [2.75, 3.05) is 6.67 Å². The quantitative estimate of drug-likeness (QED) is 0.928. The van der Waals surface area contributed by atoms with Crippen molar-refractivity contribution >= 4 is 0 Å². The van der Waals surface area contributed by atoms with Crippen molar-refractivity contribution in [3.05, 3.63) is 65.9 Å². The molecule has 0 spiro atoms. The van der Waals surface area contributed by atoms with Gasteiger partial charge in [-0.15, -0.1) is 0 Å². The fourth-order valence-corrected chi connectivity index (χ4v) is 2.23. The molecule has 0 aliphatic carbocycles. The van der Waals surface area contributed by atoms with Crippen LogP contribution in [0.25, 0.3) is 11.3 Å². The molecule has 1 N–H and O–H groups in total. The molecule has 1 aliphatic heterocycles. The molecule has 0 amide bonds. The van der Waals surface area contributed by atoms with E-state index in [1.165, 1.54) is 6.07 Å². The number of hydrogen-bond donors (Lipinski definition) is 1. The van der Waals surface area contributed by atoms with Gasteiger partial charge in [-0.2, -0.15) is 0 Å². The van der Waals surface area contributed by atoms with Crippen LogP contribution < -0.4 is 5.32 Å². The molecule has 0 saturated heterocycles. The van der Waals surface area contributed by atoms with Crippen molar-refractivity contribution < 1.29 is 4.39 Å². The average molecular weight is 269 g/mol. The van der Waals surface area contributed by atoms with E-state index in [0.29, 0.717) is 5.56 Å². The number of pyridine rings is 1. The Hall–Kier alpha value is -2.36. The minimum atomic E-state index is -0.182. The van der Waals surface area contributed by atoms with Gasteiger partial charge in [-0.1, -0.05) is 6.07 Å². The van der Waals surface area contributed by atoms with Gasteiger partial charge >= 0.3 is 0 Å². The van der Waals surface area contributed by atoms with Crippen molar-refractivity contribution in [2.45, 2.75) is 13.5 Å². The van der Waals surface area contributed by atoms with Crippen LogP contribution in [0.3, 0.4) is 0 Å². The van der Waals surface area contributed by atoms with Crippen LogP contribution in [-0.4, -0.2) is 16.6 Å². The largest absolute Gasteiger partial charge is 0.373 e. The third kappa shape index (κ3) is 2.64. The van der Waals surface area contributed by atoms with E-state index in [4.69, 9.17) is 0 Å². The van der Waals surface area contributed by atoms with Gasteiger partial charge in [0.1, 0.15) is 5.82 Å². The van der Waals surface area contributed by atoms with E-state index < -0.39 is 0 Å². The second kappa shape index (κ2) is 5.33. The maximum absolute atomic E-state index is 13.3. The van der Waals surface area contributed by atoms with Crippen molar-refractivity contribution in [1.29, 1.82) is 0 Å². The van der Waals surface area contributed by atoms with Crippen LogP contribution in [0.15, 0.2) is 48.8 Å². The number of nitrogens with zero attached hydrogens (tertiary/aromatic N) is 2. The minimum Gasteiger partial charge on any atom is -0.373 e. The van der Waals surface area contributed by atoms with Gasteiger partial charge in [0.25, 0.3) is 0 Å². The molecule has 102 valence electrons. The number of benzene rings is 1. The fraction of sp³-hybridized carbons (Fsp3) is 0.188. The Morgan fingerprint density at radius 1 is 1.30 bits per heavy atom. The molecule has 3 nitrogen and oxygen atoms in total. The number of nitrogens with one attached hydrogen (secondary N) is 1. The lowest BCUT2D eigenvalue weighted by atomic mass is 10.1. The predicted molar refractivity (Wildman–Crippen MR) is 77.1 cm³/mol. The number of rotatable bonds is 3. The summed E-state index contributed by atoms with van der Waals surface area (Å²) in [6, 6.07) is 11.0. The Bertz CT molecular complexity index is 652. The second-order valence-electron chi connectivity index (χ2n) is 4.90. The highest BCUT2D eigenvalue weighted by molar-refractivity contribution is 5.60. The summed E-state index contributed by atoms with van der Waals surface area (Å²) in [5.74, 6) is -0.182. The Morgan fingerprint density at radius 2 is 2.20 bits per heavy atom. The molecule has 0 bridgehead atoms. The smallest absolute Gasteiger partial charge is 0.126 e. The zero-order chi connectivity index (χ0) is 13.9. The van der Waals surface area contributed by atoms with Crippen LogP contribution in [0.4, 0.5) is 4.39 Å². The van der Waals surface area contributed by atoms with E-state index >= 15 is 0 Å². The van der Waals surface area contributed by atoms with Crippen LogP contribution in [0, 0.1) is 12.7 Å². The third-order valence-electron chi connectivity index (χ3n) is 3.32. The first-order valence-corrected chi connectivity index (χ1v) is 6.59. The van der Waals surface area contributed by atoms with Crippen LogP contribution in [-0.2, 0) is 6.54 Å². The SMILES string of the molecule is Cc1cc(-c2cccc(CN3C=CNC3)n2)ccc1F. The molecule has 2 heterocycles. The molecule has 0 fully saturated rings. The lowest BCUT2D eigenvalue weighted by Crippen LogP contribution is -2.20. The minimum absolute atomic E-state index is 0.182. The number of halogens is 1. The molecule has 1 aliphatic rings. The lowest BCUT2D eigenvalue weighted by Gasteiger charge is -2.14. The Balaban J connectivity index is 1.86. The number of aryl methyl sites for hydroxylation is 1. The van der Waals surface area contributed by atoms with Crippen molar-refractivity contribution in [3.63, 3.8) is 0 Å². The first-order chi connectivity index (χ1) is 9.72. The molecule has 0 radical (unpaired) electrons. The zero-order valence-corrected chi connectivity index (χ0v) is 11.3. The molecule has 20 heavy (non-hydrogen) atoms. The van der Waals surface area contributed by atoms with Crippen LogP contribution >= 0.6 is 0 Å².